The summed E-state index contributed by atoms with van der Waals surface area (Å²) >= 11 is 1.38. The summed E-state index contributed by atoms with van der Waals surface area (Å²) in [7, 11) is 1.31. The van der Waals surface area contributed by atoms with Crippen molar-refractivity contribution in [2.45, 2.75) is 30.2 Å². The topological polar surface area (TPSA) is 68.2 Å². The van der Waals surface area contributed by atoms with Gasteiger partial charge in [0.15, 0.2) is 0 Å². The van der Waals surface area contributed by atoms with Gasteiger partial charge in [-0.1, -0.05) is 16.9 Å². The maximum atomic E-state index is 11.7. The van der Waals surface area contributed by atoms with Crippen LogP contribution < -0.4 is 0 Å². The van der Waals surface area contributed by atoms with E-state index in [0.717, 1.165) is 6.21 Å². The van der Waals surface area contributed by atoms with E-state index in [-0.39, 0.29) is 5.91 Å². The molecular weight excluding hydrogens is 232 g/mol. The summed E-state index contributed by atoms with van der Waals surface area (Å²) in [4.78, 5) is 29.8. The van der Waals surface area contributed by atoms with E-state index < -0.39 is 22.3 Å². The van der Waals surface area contributed by atoms with Gasteiger partial charge in [-0.25, -0.2) is 4.79 Å². The highest BCUT2D eigenvalue weighted by Gasteiger charge is 2.56. The van der Waals surface area contributed by atoms with Gasteiger partial charge in [-0.15, -0.1) is 0 Å². The molecule has 0 unspecified atom stereocenters. The summed E-state index contributed by atoms with van der Waals surface area (Å²) in [6, 6.07) is -0.647. The van der Waals surface area contributed by atoms with Gasteiger partial charge in [0.25, 0.3) is 11.5 Å². The molecule has 2 heterocycles. The molecule has 1 fully saturated rings. The van der Waals surface area contributed by atoms with Crippen LogP contribution in [0, 0.1) is 0 Å². The third kappa shape index (κ3) is 1.55. The molecule has 0 bridgehead atoms. The highest BCUT2D eigenvalue weighted by molar-refractivity contribution is 8.01. The van der Waals surface area contributed by atoms with Crippen LogP contribution >= 0.6 is 11.8 Å². The zero-order valence-corrected chi connectivity index (χ0v) is 9.98. The van der Waals surface area contributed by atoms with Crippen LogP contribution in [0.15, 0.2) is 5.16 Å². The van der Waals surface area contributed by atoms with Gasteiger partial charge in [0.1, 0.15) is 12.3 Å². The molecule has 0 spiro atoms. The average molecular weight is 244 g/mol. The fraction of sp³-hybridized carbons (Fsp3) is 0.667. The lowest BCUT2D eigenvalue weighted by atomic mass is 10.0. The Morgan fingerprint density at radius 1 is 1.69 bits per heavy atom. The number of rotatable bonds is 1. The molecule has 16 heavy (non-hydrogen) atoms. The number of hydrogen-bond donors (Lipinski definition) is 0. The maximum Gasteiger partial charge on any atom is 0.330 e. The van der Waals surface area contributed by atoms with Gasteiger partial charge in [0.05, 0.1) is 7.11 Å². The van der Waals surface area contributed by atoms with Gasteiger partial charge in [-0.3, -0.25) is 9.69 Å². The van der Waals surface area contributed by atoms with Crippen LogP contribution in [0.5, 0.6) is 0 Å². The van der Waals surface area contributed by atoms with Crippen molar-refractivity contribution >= 4 is 29.9 Å². The normalized spacial score (nSPS) is 30.9. The molecule has 0 aromatic carbocycles. The highest BCUT2D eigenvalue weighted by Crippen LogP contribution is 2.45. The Morgan fingerprint density at radius 2 is 2.38 bits per heavy atom. The number of oxime groups is 1. The largest absolute Gasteiger partial charge is 0.467 e. The van der Waals surface area contributed by atoms with E-state index in [1.807, 2.05) is 13.8 Å². The van der Waals surface area contributed by atoms with E-state index in [4.69, 9.17) is 9.57 Å². The third-order valence-corrected chi connectivity index (χ3v) is 3.91. The number of amides is 1. The smallest absolute Gasteiger partial charge is 0.330 e. The van der Waals surface area contributed by atoms with E-state index in [1.54, 1.807) is 0 Å². The number of fused-ring (bicyclic) bond motifs is 1. The fourth-order valence-electron chi connectivity index (χ4n) is 1.84. The first kappa shape index (κ1) is 11.3. The third-order valence-electron chi connectivity index (χ3n) is 2.56. The molecule has 6 nitrogen and oxygen atoms in total. The van der Waals surface area contributed by atoms with Crippen LogP contribution in [-0.2, 0) is 19.2 Å². The lowest BCUT2D eigenvalue weighted by molar-refractivity contribution is -0.157. The quantitative estimate of drug-likeness (QED) is 0.615. The molecule has 2 aliphatic rings. The van der Waals surface area contributed by atoms with Crippen molar-refractivity contribution < 1.29 is 19.2 Å². The van der Waals surface area contributed by atoms with Crippen molar-refractivity contribution in [3.63, 3.8) is 0 Å². The number of carbonyl (C=O) groups excluding carboxylic acids is 2. The number of ether oxygens (including phenoxy) is 1. The molecule has 0 N–H and O–H groups in total. The second-order valence-corrected chi connectivity index (χ2v) is 5.73. The number of carbonyl (C=O) groups is 2. The van der Waals surface area contributed by atoms with Gasteiger partial charge < -0.3 is 9.57 Å². The Kier molecular flexibility index (Phi) is 2.57. The Balaban J connectivity index is 2.35. The van der Waals surface area contributed by atoms with Crippen molar-refractivity contribution in [2.24, 2.45) is 5.16 Å². The number of esters is 1. The number of nitrogens with zero attached hydrogens (tertiary/aromatic N) is 2. The van der Waals surface area contributed by atoms with Gasteiger partial charge in [0.2, 0.25) is 0 Å². The van der Waals surface area contributed by atoms with Crippen LogP contribution in [0.2, 0.25) is 0 Å². The molecule has 0 aromatic heterocycles. The SMILES string of the molecule is COC(=O)[C@H]1N2C(=O)C=NO[C@H]2SC1(C)C. The lowest BCUT2D eigenvalue weighted by Crippen LogP contribution is -2.52. The first-order valence-corrected chi connectivity index (χ1v) is 5.62. The minimum Gasteiger partial charge on any atom is -0.467 e. The molecule has 2 atom stereocenters. The molecule has 2 rings (SSSR count). The first-order valence-electron chi connectivity index (χ1n) is 4.74. The van der Waals surface area contributed by atoms with Crippen molar-refractivity contribution in [3.05, 3.63) is 0 Å². The molecule has 7 heteroatoms. The van der Waals surface area contributed by atoms with E-state index in [1.165, 1.54) is 23.8 Å². The maximum absolute atomic E-state index is 11.7. The predicted octanol–water partition coefficient (Wildman–Crippen LogP) is 0.182. The van der Waals surface area contributed by atoms with Crippen molar-refractivity contribution in [1.29, 1.82) is 0 Å². The molecule has 0 aromatic rings. The Bertz CT molecular complexity index is 369. The minimum absolute atomic E-state index is 0.329. The van der Waals surface area contributed by atoms with E-state index in [0.29, 0.717) is 0 Å². The molecule has 1 saturated heterocycles. The van der Waals surface area contributed by atoms with Crippen LogP contribution in [0.1, 0.15) is 13.8 Å². The Hall–Kier alpha value is -1.24. The van der Waals surface area contributed by atoms with Gasteiger partial charge >= 0.3 is 5.97 Å². The molecule has 0 radical (unpaired) electrons. The van der Waals surface area contributed by atoms with E-state index in [2.05, 4.69) is 5.16 Å². The summed E-state index contributed by atoms with van der Waals surface area (Å²) in [5.41, 5.74) is -0.545. The van der Waals surface area contributed by atoms with Crippen LogP contribution in [0.4, 0.5) is 0 Å². The number of methoxy groups -OCH3 is 1. The molecule has 0 saturated carbocycles. The van der Waals surface area contributed by atoms with Crippen molar-refractivity contribution in [1.82, 2.24) is 4.90 Å². The Morgan fingerprint density at radius 3 is 3.00 bits per heavy atom. The van der Waals surface area contributed by atoms with Crippen LogP contribution in [-0.4, -0.2) is 46.4 Å². The summed E-state index contributed by atoms with van der Waals surface area (Å²) in [5.74, 6) is -0.767. The second kappa shape index (κ2) is 3.65. The molecular formula is C9H12N2O4S. The van der Waals surface area contributed by atoms with Gasteiger partial charge in [-0.2, -0.15) is 0 Å². The first-order chi connectivity index (χ1) is 7.47. The standard InChI is InChI=1S/C9H12N2O4S/c1-9(2)6(7(13)14-3)11-5(12)4-10-15-8(11)16-9/h4,6,8H,1-3H3/t6-,8+/m1/s1. The number of hydrogen-bond acceptors (Lipinski definition) is 6. The second-order valence-electron chi connectivity index (χ2n) is 4.04. The number of thioether (sulfide) groups is 1. The monoisotopic (exact) mass is 244 g/mol. The van der Waals surface area contributed by atoms with Gasteiger partial charge in [-0.05, 0) is 13.8 Å². The zero-order valence-electron chi connectivity index (χ0n) is 9.17. The predicted molar refractivity (Wildman–Crippen MR) is 57.7 cm³/mol. The van der Waals surface area contributed by atoms with E-state index in [9.17, 15) is 9.59 Å². The zero-order chi connectivity index (χ0) is 11.9. The molecule has 88 valence electrons. The summed E-state index contributed by atoms with van der Waals surface area (Å²) in [6.45, 7) is 3.74. The average Bonchev–Trinajstić information content (AvgIpc) is 2.49. The molecule has 2 aliphatic heterocycles. The summed E-state index contributed by atoms with van der Waals surface area (Å²) in [5, 5.41) is 3.50. The summed E-state index contributed by atoms with van der Waals surface area (Å²) in [6.07, 6.45) is 1.06. The van der Waals surface area contributed by atoms with Crippen LogP contribution in [0.25, 0.3) is 0 Å². The van der Waals surface area contributed by atoms with Crippen molar-refractivity contribution in [2.75, 3.05) is 7.11 Å². The van der Waals surface area contributed by atoms with Crippen LogP contribution in [0.3, 0.4) is 0 Å². The van der Waals surface area contributed by atoms with E-state index >= 15 is 0 Å². The molecule has 1 amide bonds. The summed E-state index contributed by atoms with van der Waals surface area (Å²) < 4.78 is 4.26. The fourth-order valence-corrected chi connectivity index (χ4v) is 3.13. The Labute approximate surface area is 96.9 Å². The highest BCUT2D eigenvalue weighted by atomic mass is 32.2. The minimum atomic E-state index is -0.647. The van der Waals surface area contributed by atoms with Gasteiger partial charge in [0, 0.05) is 4.75 Å². The van der Waals surface area contributed by atoms with Crippen molar-refractivity contribution in [3.8, 4) is 0 Å². The lowest BCUT2D eigenvalue weighted by Gasteiger charge is -2.29. The molecule has 0 aliphatic carbocycles.